The van der Waals surface area contributed by atoms with Crippen molar-refractivity contribution in [2.45, 2.75) is 62.2 Å². The van der Waals surface area contributed by atoms with Crippen molar-refractivity contribution in [3.8, 4) is 11.5 Å². The van der Waals surface area contributed by atoms with Crippen LogP contribution in [0.4, 0.5) is 0 Å². The lowest BCUT2D eigenvalue weighted by Crippen LogP contribution is -2.39. The first-order chi connectivity index (χ1) is 14.8. The number of carbonyl (C=O) groups excluding carboxylic acids is 1. The van der Waals surface area contributed by atoms with Gasteiger partial charge in [0.1, 0.15) is 22.9 Å². The van der Waals surface area contributed by atoms with Crippen molar-refractivity contribution in [1.29, 1.82) is 0 Å². The molecule has 0 amide bonds. The predicted molar refractivity (Wildman–Crippen MR) is 120 cm³/mol. The monoisotopic (exact) mass is 448 g/mol. The normalized spacial score (nSPS) is 13.3. The molecule has 0 N–H and O–H groups in total. The maximum absolute atomic E-state index is 13.6. The molecule has 0 aliphatic rings. The van der Waals surface area contributed by atoms with Gasteiger partial charge < -0.3 is 14.2 Å². The number of methoxy groups -OCH3 is 2. The van der Waals surface area contributed by atoms with Crippen molar-refractivity contribution in [3.05, 3.63) is 54.1 Å². The zero-order valence-electron chi connectivity index (χ0n) is 18.7. The van der Waals surface area contributed by atoms with E-state index in [4.69, 9.17) is 14.2 Å². The average molecular weight is 449 g/mol. The van der Waals surface area contributed by atoms with Crippen LogP contribution in [0.2, 0.25) is 0 Å². The van der Waals surface area contributed by atoms with Gasteiger partial charge in [-0.3, -0.25) is 4.79 Å². The minimum atomic E-state index is -3.78. The molecule has 2 atom stereocenters. The van der Waals surface area contributed by atoms with Crippen LogP contribution in [-0.4, -0.2) is 40.0 Å². The van der Waals surface area contributed by atoms with Crippen molar-refractivity contribution in [2.24, 2.45) is 0 Å². The highest BCUT2D eigenvalue weighted by Crippen LogP contribution is 2.30. The Labute approximate surface area is 185 Å². The highest BCUT2D eigenvalue weighted by molar-refractivity contribution is 7.92. The number of hydrogen-bond acceptors (Lipinski definition) is 6. The van der Waals surface area contributed by atoms with Gasteiger partial charge in [-0.25, -0.2) is 8.42 Å². The van der Waals surface area contributed by atoms with Gasteiger partial charge in [0.05, 0.1) is 19.1 Å². The number of carbonyl (C=O) groups is 1. The largest absolute Gasteiger partial charge is 0.497 e. The highest BCUT2D eigenvalue weighted by Gasteiger charge is 2.37. The summed E-state index contributed by atoms with van der Waals surface area (Å²) in [6.07, 6.45) is 2.57. The summed E-state index contributed by atoms with van der Waals surface area (Å²) >= 11 is 0. The van der Waals surface area contributed by atoms with Gasteiger partial charge in [0.25, 0.3) is 0 Å². The Morgan fingerprint density at radius 3 is 2.10 bits per heavy atom. The fourth-order valence-corrected chi connectivity index (χ4v) is 5.46. The van der Waals surface area contributed by atoms with E-state index in [1.807, 2.05) is 0 Å². The van der Waals surface area contributed by atoms with E-state index in [9.17, 15) is 13.2 Å². The Hall–Kier alpha value is -2.54. The number of ether oxygens (including phenoxy) is 3. The minimum absolute atomic E-state index is 0.162. The zero-order chi connectivity index (χ0) is 22.9. The van der Waals surface area contributed by atoms with E-state index in [1.165, 1.54) is 6.92 Å². The van der Waals surface area contributed by atoms with Crippen LogP contribution >= 0.6 is 0 Å². The lowest BCUT2D eigenvalue weighted by molar-refractivity contribution is -0.146. The predicted octanol–water partition coefficient (Wildman–Crippen LogP) is 4.60. The Bertz CT molecular complexity index is 918. The van der Waals surface area contributed by atoms with E-state index < -0.39 is 27.2 Å². The lowest BCUT2D eigenvalue weighted by Gasteiger charge is -2.27. The van der Waals surface area contributed by atoms with E-state index in [1.54, 1.807) is 62.8 Å². The summed E-state index contributed by atoms with van der Waals surface area (Å²) in [5, 5.41) is -0.938. The Kier molecular flexibility index (Phi) is 9.37. The van der Waals surface area contributed by atoms with E-state index in [0.29, 0.717) is 17.9 Å². The van der Waals surface area contributed by atoms with Gasteiger partial charge in [0, 0.05) is 13.0 Å². The van der Waals surface area contributed by atoms with Crippen LogP contribution in [0.15, 0.2) is 53.4 Å². The molecule has 7 heteroatoms. The third-order valence-electron chi connectivity index (χ3n) is 5.14. The van der Waals surface area contributed by atoms with Crippen molar-refractivity contribution in [2.75, 3.05) is 14.2 Å². The molecule has 0 radical (unpaired) electrons. The summed E-state index contributed by atoms with van der Waals surface area (Å²) < 4.78 is 43.5. The van der Waals surface area contributed by atoms with E-state index in [2.05, 4.69) is 6.92 Å². The van der Waals surface area contributed by atoms with Crippen molar-refractivity contribution < 1.29 is 27.4 Å². The zero-order valence-corrected chi connectivity index (χ0v) is 19.5. The summed E-state index contributed by atoms with van der Waals surface area (Å²) in [4.78, 5) is 12.1. The first-order valence-electron chi connectivity index (χ1n) is 10.5. The molecule has 0 fully saturated rings. The fourth-order valence-electron chi connectivity index (χ4n) is 3.57. The average Bonchev–Trinajstić information content (AvgIpc) is 2.77. The first-order valence-corrected chi connectivity index (χ1v) is 12.0. The van der Waals surface area contributed by atoms with Crippen molar-refractivity contribution in [1.82, 2.24) is 0 Å². The summed E-state index contributed by atoms with van der Waals surface area (Å²) in [6, 6.07) is 13.6. The topological polar surface area (TPSA) is 78.9 Å². The van der Waals surface area contributed by atoms with Crippen LogP contribution in [-0.2, 0) is 25.8 Å². The van der Waals surface area contributed by atoms with E-state index in [0.717, 1.165) is 24.8 Å². The summed E-state index contributed by atoms with van der Waals surface area (Å²) in [5.74, 6) is 0.651. The molecule has 0 saturated carbocycles. The van der Waals surface area contributed by atoms with Gasteiger partial charge in [-0.2, -0.15) is 0 Å². The molecule has 0 aliphatic heterocycles. The number of hydrogen-bond donors (Lipinski definition) is 0. The molecule has 2 unspecified atom stereocenters. The molecule has 0 spiro atoms. The number of esters is 1. The smallest absolute Gasteiger partial charge is 0.302 e. The SMILES string of the molecule is CCCCCC(OC(C)=O)C(Cc1cc(OC)cc(OC)c1)S(=O)(=O)c1ccccc1. The summed E-state index contributed by atoms with van der Waals surface area (Å²) in [7, 11) is -0.690. The Morgan fingerprint density at radius 2 is 1.58 bits per heavy atom. The van der Waals surface area contributed by atoms with Crippen LogP contribution in [0.25, 0.3) is 0 Å². The minimum Gasteiger partial charge on any atom is -0.497 e. The lowest BCUT2D eigenvalue weighted by atomic mass is 10.0. The van der Waals surface area contributed by atoms with Crippen molar-refractivity contribution >= 4 is 15.8 Å². The molecule has 0 heterocycles. The molecular weight excluding hydrogens is 416 g/mol. The summed E-state index contributed by atoms with van der Waals surface area (Å²) in [5.41, 5.74) is 0.730. The molecule has 0 aromatic heterocycles. The Morgan fingerprint density at radius 1 is 0.968 bits per heavy atom. The molecule has 0 bridgehead atoms. The molecule has 6 nitrogen and oxygen atoms in total. The summed E-state index contributed by atoms with van der Waals surface area (Å²) in [6.45, 7) is 3.38. The molecule has 2 rings (SSSR count). The van der Waals surface area contributed by atoms with Crippen LogP contribution in [0, 0.1) is 0 Å². The molecule has 2 aromatic rings. The Balaban J connectivity index is 2.51. The van der Waals surface area contributed by atoms with Crippen molar-refractivity contribution in [3.63, 3.8) is 0 Å². The molecular formula is C24H32O6S. The third kappa shape index (κ3) is 6.99. The fraction of sp³-hybridized carbons (Fsp3) is 0.458. The van der Waals surface area contributed by atoms with Crippen LogP contribution in [0.3, 0.4) is 0 Å². The number of sulfone groups is 1. The molecule has 0 saturated heterocycles. The highest BCUT2D eigenvalue weighted by atomic mass is 32.2. The van der Waals surface area contributed by atoms with Crippen LogP contribution in [0.5, 0.6) is 11.5 Å². The van der Waals surface area contributed by atoms with Gasteiger partial charge in [-0.15, -0.1) is 0 Å². The maximum Gasteiger partial charge on any atom is 0.302 e. The number of benzene rings is 2. The maximum atomic E-state index is 13.6. The van der Waals surface area contributed by atoms with Crippen LogP contribution in [0.1, 0.15) is 45.1 Å². The van der Waals surface area contributed by atoms with Gasteiger partial charge in [0.15, 0.2) is 9.84 Å². The molecule has 0 aliphatic carbocycles. The first kappa shape index (κ1) is 24.7. The quantitative estimate of drug-likeness (QED) is 0.349. The third-order valence-corrected chi connectivity index (χ3v) is 7.34. The van der Waals surface area contributed by atoms with Gasteiger partial charge >= 0.3 is 5.97 Å². The van der Waals surface area contributed by atoms with Gasteiger partial charge in [-0.1, -0.05) is 38.0 Å². The number of unbranched alkanes of at least 4 members (excludes halogenated alkanes) is 2. The van der Waals surface area contributed by atoms with Gasteiger partial charge in [-0.05, 0) is 49.1 Å². The standard InChI is InChI=1S/C24H32O6S/c1-5-6-8-13-23(30-18(2)25)24(31(26,27)22-11-9-7-10-12-22)16-19-14-20(28-3)17-21(15-19)29-4/h7,9-12,14-15,17,23-24H,5-6,8,13,16H2,1-4H3. The number of rotatable bonds is 12. The van der Waals surface area contributed by atoms with Gasteiger partial charge in [0.2, 0.25) is 0 Å². The second-order valence-electron chi connectivity index (χ2n) is 7.47. The van der Waals surface area contributed by atoms with Crippen LogP contribution < -0.4 is 9.47 Å². The molecule has 31 heavy (non-hydrogen) atoms. The molecule has 2 aromatic carbocycles. The van der Waals surface area contributed by atoms with E-state index >= 15 is 0 Å². The molecule has 170 valence electrons. The second kappa shape index (κ2) is 11.7. The van der Waals surface area contributed by atoms with E-state index in [-0.39, 0.29) is 11.3 Å². The second-order valence-corrected chi connectivity index (χ2v) is 9.63.